The van der Waals surface area contributed by atoms with Gasteiger partial charge in [0, 0.05) is 9.75 Å². The number of rotatable bonds is 6. The molecular formula is C17H23NO2S. The fraction of sp³-hybridized carbons (Fsp3) is 0.412. The largest absolute Gasteiger partial charge is 0.493 e. The maximum atomic E-state index is 5.42. The van der Waals surface area contributed by atoms with Crippen LogP contribution >= 0.6 is 11.3 Å². The fourth-order valence-electron chi connectivity index (χ4n) is 2.36. The molecule has 0 bridgehead atoms. The first-order valence-electron chi connectivity index (χ1n) is 7.13. The molecule has 2 rings (SSSR count). The van der Waals surface area contributed by atoms with Crippen molar-refractivity contribution in [2.45, 2.75) is 26.8 Å². The lowest BCUT2D eigenvalue weighted by molar-refractivity contribution is 0.354. The first kappa shape index (κ1) is 15.9. The lowest BCUT2D eigenvalue weighted by atomic mass is 10.0. The van der Waals surface area contributed by atoms with Crippen LogP contribution in [0, 0.1) is 13.8 Å². The van der Waals surface area contributed by atoms with Gasteiger partial charge in [0.1, 0.15) is 0 Å². The van der Waals surface area contributed by atoms with Gasteiger partial charge >= 0.3 is 0 Å². The molecular weight excluding hydrogens is 282 g/mol. The summed E-state index contributed by atoms with van der Waals surface area (Å²) in [7, 11) is 3.33. The summed E-state index contributed by atoms with van der Waals surface area (Å²) in [5.41, 5.74) is 2.54. The van der Waals surface area contributed by atoms with E-state index in [2.05, 4.69) is 44.3 Å². The quantitative estimate of drug-likeness (QED) is 0.872. The molecule has 4 heteroatoms. The van der Waals surface area contributed by atoms with Gasteiger partial charge in [0.25, 0.3) is 0 Å². The van der Waals surface area contributed by atoms with Gasteiger partial charge in [0.15, 0.2) is 11.5 Å². The van der Waals surface area contributed by atoms with E-state index in [0.29, 0.717) is 0 Å². The third-order valence-electron chi connectivity index (χ3n) is 3.62. The lowest BCUT2D eigenvalue weighted by Gasteiger charge is -2.18. The van der Waals surface area contributed by atoms with E-state index in [9.17, 15) is 0 Å². The Bertz CT molecular complexity index is 587. The topological polar surface area (TPSA) is 30.5 Å². The van der Waals surface area contributed by atoms with Gasteiger partial charge in [-0.05, 0) is 49.7 Å². The number of thiophene rings is 1. The molecule has 2 aromatic rings. The summed E-state index contributed by atoms with van der Waals surface area (Å²) < 4.78 is 10.7. The second kappa shape index (κ2) is 6.96. The smallest absolute Gasteiger partial charge is 0.161 e. The number of hydrogen-bond donors (Lipinski definition) is 1. The molecule has 0 aliphatic rings. The van der Waals surface area contributed by atoms with E-state index >= 15 is 0 Å². The van der Waals surface area contributed by atoms with Gasteiger partial charge in [0.2, 0.25) is 0 Å². The van der Waals surface area contributed by atoms with Crippen LogP contribution in [0.15, 0.2) is 24.3 Å². The van der Waals surface area contributed by atoms with Crippen molar-refractivity contribution in [1.82, 2.24) is 5.32 Å². The molecule has 114 valence electrons. The molecule has 3 nitrogen and oxygen atoms in total. The van der Waals surface area contributed by atoms with Crippen molar-refractivity contribution in [3.05, 3.63) is 45.1 Å². The standard InChI is InChI=1S/C17H23NO2S/c1-6-18-17(16-9-11(2)12(3)21-16)13-7-8-14(19-4)15(10-13)20-5/h7-10,17-18H,6H2,1-5H3. The predicted octanol–water partition coefficient (Wildman–Crippen LogP) is 4.08. The molecule has 0 spiro atoms. The van der Waals surface area contributed by atoms with Gasteiger partial charge in [0.05, 0.1) is 20.3 Å². The summed E-state index contributed by atoms with van der Waals surface area (Å²) in [4.78, 5) is 2.70. The Kier molecular flexibility index (Phi) is 5.26. The maximum absolute atomic E-state index is 5.42. The molecule has 0 amide bonds. The van der Waals surface area contributed by atoms with E-state index < -0.39 is 0 Å². The van der Waals surface area contributed by atoms with E-state index in [1.54, 1.807) is 14.2 Å². The van der Waals surface area contributed by atoms with Crippen molar-refractivity contribution in [3.8, 4) is 11.5 Å². The number of hydrogen-bond acceptors (Lipinski definition) is 4. The Balaban J connectivity index is 2.42. The van der Waals surface area contributed by atoms with Crippen LogP contribution in [-0.2, 0) is 0 Å². The average molecular weight is 305 g/mol. The van der Waals surface area contributed by atoms with Crippen molar-refractivity contribution < 1.29 is 9.47 Å². The van der Waals surface area contributed by atoms with Crippen LogP contribution in [0.25, 0.3) is 0 Å². The van der Waals surface area contributed by atoms with Crippen molar-refractivity contribution >= 4 is 11.3 Å². The monoisotopic (exact) mass is 305 g/mol. The summed E-state index contributed by atoms with van der Waals surface area (Å²) in [6.45, 7) is 7.37. The highest BCUT2D eigenvalue weighted by Crippen LogP contribution is 2.35. The molecule has 1 aromatic heterocycles. The van der Waals surface area contributed by atoms with E-state index in [-0.39, 0.29) is 6.04 Å². The SMILES string of the molecule is CCNC(c1ccc(OC)c(OC)c1)c1cc(C)c(C)s1. The zero-order valence-electron chi connectivity index (χ0n) is 13.3. The summed E-state index contributed by atoms with van der Waals surface area (Å²) in [5.74, 6) is 1.53. The zero-order valence-corrected chi connectivity index (χ0v) is 14.1. The third-order valence-corrected chi connectivity index (χ3v) is 4.84. The second-order valence-corrected chi connectivity index (χ2v) is 6.28. The minimum Gasteiger partial charge on any atom is -0.493 e. The zero-order chi connectivity index (χ0) is 15.4. The normalized spacial score (nSPS) is 12.2. The highest BCUT2D eigenvalue weighted by molar-refractivity contribution is 7.12. The Morgan fingerprint density at radius 1 is 1.10 bits per heavy atom. The summed E-state index contributed by atoms with van der Waals surface area (Å²) >= 11 is 1.85. The summed E-state index contributed by atoms with van der Waals surface area (Å²) in [6.07, 6.45) is 0. The molecule has 0 fully saturated rings. The molecule has 0 aliphatic carbocycles. The van der Waals surface area contributed by atoms with Gasteiger partial charge in [-0.15, -0.1) is 11.3 Å². The highest BCUT2D eigenvalue weighted by Gasteiger charge is 2.18. The molecule has 1 aromatic carbocycles. The molecule has 21 heavy (non-hydrogen) atoms. The van der Waals surface area contributed by atoms with Gasteiger partial charge < -0.3 is 14.8 Å². The molecule has 0 saturated heterocycles. The first-order chi connectivity index (χ1) is 10.1. The average Bonchev–Trinajstić information content (AvgIpc) is 2.83. The van der Waals surface area contributed by atoms with Gasteiger partial charge in [-0.1, -0.05) is 13.0 Å². The van der Waals surface area contributed by atoms with Crippen LogP contribution in [0.5, 0.6) is 11.5 Å². The maximum Gasteiger partial charge on any atom is 0.161 e. The number of nitrogens with one attached hydrogen (secondary N) is 1. The van der Waals surface area contributed by atoms with Crippen LogP contribution in [0.2, 0.25) is 0 Å². The lowest BCUT2D eigenvalue weighted by Crippen LogP contribution is -2.21. The molecule has 1 N–H and O–H groups in total. The third kappa shape index (κ3) is 3.39. The Morgan fingerprint density at radius 3 is 2.33 bits per heavy atom. The van der Waals surface area contributed by atoms with Crippen molar-refractivity contribution in [3.63, 3.8) is 0 Å². The fourth-order valence-corrected chi connectivity index (χ4v) is 3.51. The number of benzene rings is 1. The molecule has 0 saturated carbocycles. The molecule has 1 unspecified atom stereocenters. The highest BCUT2D eigenvalue weighted by atomic mass is 32.1. The Labute approximate surface area is 130 Å². The molecule has 0 radical (unpaired) electrons. The van der Waals surface area contributed by atoms with Crippen molar-refractivity contribution in [1.29, 1.82) is 0 Å². The number of ether oxygens (including phenoxy) is 2. The van der Waals surface area contributed by atoms with E-state index in [1.807, 2.05) is 17.4 Å². The van der Waals surface area contributed by atoms with Gasteiger partial charge in [-0.2, -0.15) is 0 Å². The first-order valence-corrected chi connectivity index (χ1v) is 7.94. The van der Waals surface area contributed by atoms with Gasteiger partial charge in [-0.3, -0.25) is 0 Å². The van der Waals surface area contributed by atoms with Gasteiger partial charge in [-0.25, -0.2) is 0 Å². The van der Waals surface area contributed by atoms with Crippen LogP contribution in [0.1, 0.15) is 33.8 Å². The molecule has 0 aliphatic heterocycles. The predicted molar refractivity (Wildman–Crippen MR) is 88.9 cm³/mol. The van der Waals surface area contributed by atoms with Crippen LogP contribution in [0.3, 0.4) is 0 Å². The molecule has 1 heterocycles. The Hall–Kier alpha value is -1.52. The van der Waals surface area contributed by atoms with E-state index in [0.717, 1.165) is 18.0 Å². The minimum atomic E-state index is 0.187. The summed E-state index contributed by atoms with van der Waals surface area (Å²) in [5, 5.41) is 3.56. The van der Waals surface area contributed by atoms with E-state index in [4.69, 9.17) is 9.47 Å². The van der Waals surface area contributed by atoms with Crippen molar-refractivity contribution in [2.75, 3.05) is 20.8 Å². The Morgan fingerprint density at radius 2 is 1.81 bits per heavy atom. The number of aryl methyl sites for hydroxylation is 2. The second-order valence-electron chi connectivity index (χ2n) is 4.99. The van der Waals surface area contributed by atoms with Crippen molar-refractivity contribution in [2.24, 2.45) is 0 Å². The molecule has 1 atom stereocenters. The van der Waals surface area contributed by atoms with Crippen LogP contribution in [-0.4, -0.2) is 20.8 Å². The minimum absolute atomic E-state index is 0.187. The van der Waals surface area contributed by atoms with Crippen LogP contribution in [0.4, 0.5) is 0 Å². The summed E-state index contributed by atoms with van der Waals surface area (Å²) in [6, 6.07) is 8.57. The van der Waals surface area contributed by atoms with Crippen LogP contribution < -0.4 is 14.8 Å². The number of methoxy groups -OCH3 is 2. The van der Waals surface area contributed by atoms with E-state index in [1.165, 1.54) is 20.9 Å².